The number of nitrogen functional groups attached to an aromatic ring is 1. The summed E-state index contributed by atoms with van der Waals surface area (Å²) in [6.07, 6.45) is 0. The Morgan fingerprint density at radius 2 is 1.94 bits per heavy atom. The van der Waals surface area contributed by atoms with Crippen molar-refractivity contribution in [3.63, 3.8) is 0 Å². The van der Waals surface area contributed by atoms with Gasteiger partial charge in [-0.1, -0.05) is 23.5 Å². The second-order valence-electron chi connectivity index (χ2n) is 3.79. The normalized spacial score (nSPS) is 11.4. The maximum Gasteiger partial charge on any atom is 0.266 e. The van der Waals surface area contributed by atoms with Gasteiger partial charge in [0.25, 0.3) is 10.0 Å². The molecule has 0 saturated heterocycles. The van der Waals surface area contributed by atoms with Crippen LogP contribution in [0, 0.1) is 13.8 Å². The molecular weight excluding hydrogens is 272 g/mol. The molecule has 0 fully saturated rings. The average molecular weight is 284 g/mol. The van der Waals surface area contributed by atoms with Crippen molar-refractivity contribution in [3.8, 4) is 0 Å². The number of benzene rings is 1. The third-order valence-corrected chi connectivity index (χ3v) is 4.74. The maximum atomic E-state index is 12.2. The van der Waals surface area contributed by atoms with E-state index in [4.69, 9.17) is 5.73 Å². The van der Waals surface area contributed by atoms with Crippen LogP contribution in [-0.4, -0.2) is 18.6 Å². The monoisotopic (exact) mass is 284 g/mol. The highest BCUT2D eigenvalue weighted by molar-refractivity contribution is 7.93. The van der Waals surface area contributed by atoms with E-state index in [1.165, 1.54) is 5.51 Å². The maximum absolute atomic E-state index is 12.2. The lowest BCUT2D eigenvalue weighted by molar-refractivity contribution is 0.601. The van der Waals surface area contributed by atoms with Gasteiger partial charge >= 0.3 is 0 Å². The molecule has 0 bridgehead atoms. The van der Waals surface area contributed by atoms with Crippen LogP contribution in [0.1, 0.15) is 11.1 Å². The van der Waals surface area contributed by atoms with Crippen molar-refractivity contribution in [2.24, 2.45) is 0 Å². The number of hydrogen-bond acceptors (Lipinski definition) is 6. The first-order chi connectivity index (χ1) is 8.42. The first-order valence-corrected chi connectivity index (χ1v) is 7.43. The van der Waals surface area contributed by atoms with Crippen LogP contribution in [0.5, 0.6) is 0 Å². The van der Waals surface area contributed by atoms with Crippen LogP contribution in [0.3, 0.4) is 0 Å². The van der Waals surface area contributed by atoms with Crippen molar-refractivity contribution >= 4 is 32.2 Å². The molecule has 2 rings (SSSR count). The molecule has 8 heteroatoms. The molecule has 0 spiro atoms. The van der Waals surface area contributed by atoms with Crippen molar-refractivity contribution < 1.29 is 8.42 Å². The third-order valence-electron chi connectivity index (χ3n) is 2.46. The molecule has 0 atom stereocenters. The minimum absolute atomic E-state index is 0.0951. The molecule has 0 aliphatic carbocycles. The lowest BCUT2D eigenvalue weighted by Gasteiger charge is -2.12. The molecule has 0 aliphatic rings. The molecule has 96 valence electrons. The van der Waals surface area contributed by atoms with Gasteiger partial charge in [0, 0.05) is 0 Å². The van der Waals surface area contributed by atoms with Gasteiger partial charge in [-0.2, -0.15) is 0 Å². The van der Waals surface area contributed by atoms with E-state index in [-0.39, 0.29) is 15.7 Å². The topological polar surface area (TPSA) is 98.0 Å². The molecule has 1 heterocycles. The highest BCUT2D eigenvalue weighted by Gasteiger charge is 2.22. The second kappa shape index (κ2) is 4.54. The van der Waals surface area contributed by atoms with Crippen molar-refractivity contribution in [2.75, 3.05) is 10.5 Å². The minimum Gasteiger partial charge on any atom is -0.397 e. The van der Waals surface area contributed by atoms with Gasteiger partial charge in [0.15, 0.2) is 0 Å². The number of nitrogens with two attached hydrogens (primary N) is 1. The molecular formula is C10H12N4O2S2. The Hall–Kier alpha value is -1.67. The summed E-state index contributed by atoms with van der Waals surface area (Å²) in [5, 5.41) is 7.44. The van der Waals surface area contributed by atoms with Gasteiger partial charge in [-0.05, 0) is 25.0 Å². The summed E-state index contributed by atoms with van der Waals surface area (Å²) >= 11 is 1.11. The zero-order valence-electron chi connectivity index (χ0n) is 9.84. The van der Waals surface area contributed by atoms with E-state index in [1.807, 2.05) is 0 Å². The molecule has 6 nitrogen and oxygen atoms in total. The zero-order valence-corrected chi connectivity index (χ0v) is 11.5. The molecule has 1 aromatic heterocycles. The minimum atomic E-state index is -3.73. The molecule has 0 unspecified atom stereocenters. The predicted octanol–water partition coefficient (Wildman–Crippen LogP) is 1.54. The standard InChI is InChI=1S/C10H12N4O2S2/c1-6-3-4-7(2)9(8(6)11)18(15,16)14-10-13-12-5-17-10/h3-5H,11H2,1-2H3,(H,13,14). The van der Waals surface area contributed by atoms with Crippen molar-refractivity contribution in [3.05, 3.63) is 28.8 Å². The van der Waals surface area contributed by atoms with Crippen LogP contribution >= 0.6 is 11.3 Å². The predicted molar refractivity (Wildman–Crippen MR) is 71.0 cm³/mol. The van der Waals surface area contributed by atoms with Crippen molar-refractivity contribution in [1.82, 2.24) is 10.2 Å². The first kappa shape index (κ1) is 12.8. The summed E-state index contributed by atoms with van der Waals surface area (Å²) in [4.78, 5) is 0.0951. The Morgan fingerprint density at radius 1 is 1.28 bits per heavy atom. The molecule has 3 N–H and O–H groups in total. The summed E-state index contributed by atoms with van der Waals surface area (Å²) in [6, 6.07) is 3.51. The largest absolute Gasteiger partial charge is 0.397 e. The van der Waals surface area contributed by atoms with Crippen molar-refractivity contribution in [1.29, 1.82) is 0 Å². The Morgan fingerprint density at radius 3 is 2.56 bits per heavy atom. The SMILES string of the molecule is Cc1ccc(C)c(S(=O)(=O)Nc2nncs2)c1N. The van der Waals surface area contributed by atoms with E-state index in [0.29, 0.717) is 5.56 Å². The fourth-order valence-corrected chi connectivity index (χ4v) is 3.67. The van der Waals surface area contributed by atoms with Crippen LogP contribution in [0.15, 0.2) is 22.5 Å². The van der Waals surface area contributed by atoms with Gasteiger partial charge in [-0.25, -0.2) is 8.42 Å². The first-order valence-electron chi connectivity index (χ1n) is 5.06. The number of nitrogens with zero attached hydrogens (tertiary/aromatic N) is 2. The highest BCUT2D eigenvalue weighted by atomic mass is 32.2. The Labute approximate surface area is 109 Å². The summed E-state index contributed by atoms with van der Waals surface area (Å²) in [6.45, 7) is 3.46. The smallest absolute Gasteiger partial charge is 0.266 e. The average Bonchev–Trinajstić information content (AvgIpc) is 2.75. The molecule has 0 radical (unpaired) electrons. The fourth-order valence-electron chi connectivity index (χ4n) is 1.55. The number of nitrogens with one attached hydrogen (secondary N) is 1. The second-order valence-corrected chi connectivity index (χ2v) is 6.24. The van der Waals surface area contributed by atoms with Gasteiger partial charge in [0.05, 0.1) is 5.69 Å². The number of rotatable bonds is 3. The third kappa shape index (κ3) is 2.29. The van der Waals surface area contributed by atoms with Crippen LogP contribution in [0.2, 0.25) is 0 Å². The van der Waals surface area contributed by atoms with E-state index < -0.39 is 10.0 Å². The number of sulfonamides is 1. The molecule has 1 aromatic carbocycles. The molecule has 2 aromatic rings. The van der Waals surface area contributed by atoms with Gasteiger partial charge in [0.2, 0.25) is 5.13 Å². The Kier molecular flexibility index (Phi) is 3.22. The molecule has 18 heavy (non-hydrogen) atoms. The quantitative estimate of drug-likeness (QED) is 0.833. The Balaban J connectivity index is 2.51. The fraction of sp³-hybridized carbons (Fsp3) is 0.200. The van der Waals surface area contributed by atoms with Crippen LogP contribution < -0.4 is 10.5 Å². The van der Waals surface area contributed by atoms with E-state index in [1.54, 1.807) is 26.0 Å². The van der Waals surface area contributed by atoms with Gasteiger partial charge in [-0.3, -0.25) is 4.72 Å². The zero-order chi connectivity index (χ0) is 13.3. The van der Waals surface area contributed by atoms with E-state index in [0.717, 1.165) is 16.9 Å². The van der Waals surface area contributed by atoms with Crippen LogP contribution in [-0.2, 0) is 10.0 Å². The van der Waals surface area contributed by atoms with E-state index in [2.05, 4.69) is 14.9 Å². The molecule has 0 aliphatic heterocycles. The van der Waals surface area contributed by atoms with E-state index in [9.17, 15) is 8.42 Å². The number of hydrogen-bond donors (Lipinski definition) is 2. The lowest BCUT2D eigenvalue weighted by atomic mass is 10.1. The lowest BCUT2D eigenvalue weighted by Crippen LogP contribution is -2.16. The summed E-state index contributed by atoms with van der Waals surface area (Å²) in [5.41, 5.74) is 8.87. The van der Waals surface area contributed by atoms with Gasteiger partial charge in [0.1, 0.15) is 10.4 Å². The molecule has 0 amide bonds. The van der Waals surface area contributed by atoms with Crippen LogP contribution in [0.25, 0.3) is 0 Å². The van der Waals surface area contributed by atoms with Crippen LogP contribution in [0.4, 0.5) is 10.8 Å². The summed E-state index contributed by atoms with van der Waals surface area (Å²) in [7, 11) is -3.73. The highest BCUT2D eigenvalue weighted by Crippen LogP contribution is 2.27. The van der Waals surface area contributed by atoms with Crippen molar-refractivity contribution in [2.45, 2.75) is 18.7 Å². The van der Waals surface area contributed by atoms with Gasteiger partial charge < -0.3 is 5.73 Å². The molecule has 0 saturated carbocycles. The number of aromatic nitrogens is 2. The Bertz CT molecular complexity index is 665. The number of aryl methyl sites for hydroxylation is 2. The number of anilines is 2. The summed E-state index contributed by atoms with van der Waals surface area (Å²) in [5.74, 6) is 0. The van der Waals surface area contributed by atoms with E-state index >= 15 is 0 Å². The summed E-state index contributed by atoms with van der Waals surface area (Å²) < 4.78 is 26.8. The van der Waals surface area contributed by atoms with Gasteiger partial charge in [-0.15, -0.1) is 10.2 Å².